The summed E-state index contributed by atoms with van der Waals surface area (Å²) >= 11 is 0. The Hall–Kier alpha value is -1.09. The lowest BCUT2D eigenvalue weighted by Crippen LogP contribution is -2.31. The number of nitrogens with zero attached hydrogens (tertiary/aromatic N) is 1. The molecular formula is C16H24N2O. The van der Waals surface area contributed by atoms with E-state index in [4.69, 9.17) is 5.73 Å². The topological polar surface area (TPSA) is 48.0 Å². The maximum atomic E-state index is 12.2. The molecule has 0 amide bonds. The van der Waals surface area contributed by atoms with Crippen LogP contribution < -0.4 is 11.3 Å². The molecule has 1 heterocycles. The van der Waals surface area contributed by atoms with Crippen molar-refractivity contribution in [3.05, 3.63) is 33.7 Å². The summed E-state index contributed by atoms with van der Waals surface area (Å²) in [7, 11) is 0. The molecule has 19 heavy (non-hydrogen) atoms. The molecule has 0 saturated heterocycles. The van der Waals surface area contributed by atoms with Crippen LogP contribution in [0.5, 0.6) is 0 Å². The molecule has 1 aromatic rings. The fourth-order valence-corrected chi connectivity index (χ4v) is 3.73. The van der Waals surface area contributed by atoms with Crippen molar-refractivity contribution in [1.82, 2.24) is 4.57 Å². The molecule has 1 fully saturated rings. The highest BCUT2D eigenvalue weighted by Gasteiger charge is 2.22. The molecule has 1 atom stereocenters. The van der Waals surface area contributed by atoms with Crippen molar-refractivity contribution >= 4 is 0 Å². The maximum Gasteiger partial charge on any atom is 0.250 e. The van der Waals surface area contributed by atoms with E-state index in [1.807, 2.05) is 10.6 Å². The predicted octanol–water partition coefficient (Wildman–Crippen LogP) is 2.76. The number of aromatic nitrogens is 1. The van der Waals surface area contributed by atoms with Crippen molar-refractivity contribution in [3.63, 3.8) is 0 Å². The highest BCUT2D eigenvalue weighted by atomic mass is 16.1. The van der Waals surface area contributed by atoms with Crippen LogP contribution in [0.15, 0.2) is 16.9 Å². The molecule has 0 bridgehead atoms. The largest absolute Gasteiger partial charge is 0.324 e. The Balaban J connectivity index is 1.91. The molecule has 1 unspecified atom stereocenters. The lowest BCUT2D eigenvalue weighted by molar-refractivity contribution is 0.310. The first kappa shape index (κ1) is 12.9. The van der Waals surface area contributed by atoms with Gasteiger partial charge in [0.2, 0.25) is 0 Å². The SMILES string of the molecule is NC1CCCc2c1ccc(=O)n2CC1CCCCC1. The number of pyridine rings is 1. The molecule has 0 aliphatic heterocycles. The van der Waals surface area contributed by atoms with Gasteiger partial charge in [-0.3, -0.25) is 4.79 Å². The zero-order chi connectivity index (χ0) is 13.2. The van der Waals surface area contributed by atoms with Gasteiger partial charge in [-0.2, -0.15) is 0 Å². The third-order valence-corrected chi connectivity index (χ3v) is 4.82. The van der Waals surface area contributed by atoms with E-state index in [-0.39, 0.29) is 11.6 Å². The van der Waals surface area contributed by atoms with Gasteiger partial charge in [-0.05, 0) is 43.6 Å². The Labute approximate surface area is 114 Å². The molecule has 0 spiro atoms. The second-order valence-corrected chi connectivity index (χ2v) is 6.19. The molecule has 104 valence electrons. The summed E-state index contributed by atoms with van der Waals surface area (Å²) in [5.74, 6) is 0.691. The molecule has 1 saturated carbocycles. The van der Waals surface area contributed by atoms with Gasteiger partial charge in [0.15, 0.2) is 0 Å². The van der Waals surface area contributed by atoms with E-state index in [2.05, 4.69) is 0 Å². The second kappa shape index (κ2) is 5.49. The summed E-state index contributed by atoms with van der Waals surface area (Å²) in [6.07, 6.45) is 9.76. The van der Waals surface area contributed by atoms with E-state index in [1.165, 1.54) is 43.4 Å². The summed E-state index contributed by atoms with van der Waals surface area (Å²) in [5, 5.41) is 0. The molecular weight excluding hydrogens is 236 g/mol. The van der Waals surface area contributed by atoms with Crippen LogP contribution in [-0.2, 0) is 13.0 Å². The number of rotatable bonds is 2. The standard InChI is InChI=1S/C16H24N2O/c17-14-7-4-8-15-13(14)9-10-16(19)18(15)11-12-5-2-1-3-6-12/h9-10,12,14H,1-8,11,17H2. The van der Waals surface area contributed by atoms with E-state index < -0.39 is 0 Å². The van der Waals surface area contributed by atoms with Gasteiger partial charge >= 0.3 is 0 Å². The van der Waals surface area contributed by atoms with Gasteiger partial charge < -0.3 is 10.3 Å². The van der Waals surface area contributed by atoms with Crippen LogP contribution in [0.4, 0.5) is 0 Å². The Morgan fingerprint density at radius 2 is 1.89 bits per heavy atom. The first-order valence-corrected chi connectivity index (χ1v) is 7.74. The van der Waals surface area contributed by atoms with Gasteiger partial charge in [-0.15, -0.1) is 0 Å². The minimum Gasteiger partial charge on any atom is -0.324 e. The quantitative estimate of drug-likeness (QED) is 0.889. The molecule has 1 aromatic heterocycles. The van der Waals surface area contributed by atoms with Gasteiger partial charge in [-0.25, -0.2) is 0 Å². The van der Waals surface area contributed by atoms with Crippen molar-refractivity contribution in [2.45, 2.75) is 64.0 Å². The lowest BCUT2D eigenvalue weighted by atomic mass is 9.88. The summed E-state index contributed by atoms with van der Waals surface area (Å²) in [5.41, 5.74) is 8.78. The van der Waals surface area contributed by atoms with Crippen molar-refractivity contribution < 1.29 is 0 Å². The zero-order valence-electron chi connectivity index (χ0n) is 11.6. The monoisotopic (exact) mass is 260 g/mol. The van der Waals surface area contributed by atoms with Crippen LogP contribution in [-0.4, -0.2) is 4.57 Å². The van der Waals surface area contributed by atoms with Crippen molar-refractivity contribution in [1.29, 1.82) is 0 Å². The molecule has 2 aliphatic rings. The van der Waals surface area contributed by atoms with Crippen molar-refractivity contribution in [2.24, 2.45) is 11.7 Å². The summed E-state index contributed by atoms with van der Waals surface area (Å²) < 4.78 is 2.03. The van der Waals surface area contributed by atoms with Gasteiger partial charge in [0.1, 0.15) is 0 Å². The Bertz CT molecular complexity index is 500. The molecule has 0 radical (unpaired) electrons. The lowest BCUT2D eigenvalue weighted by Gasteiger charge is -2.28. The van der Waals surface area contributed by atoms with Crippen LogP contribution >= 0.6 is 0 Å². The van der Waals surface area contributed by atoms with E-state index in [1.54, 1.807) is 6.07 Å². The van der Waals surface area contributed by atoms with Gasteiger partial charge in [0, 0.05) is 24.3 Å². The minimum atomic E-state index is 0.127. The average molecular weight is 260 g/mol. The number of hydrogen-bond donors (Lipinski definition) is 1. The number of fused-ring (bicyclic) bond motifs is 1. The summed E-state index contributed by atoms with van der Waals surface area (Å²) in [6, 6.07) is 3.80. The van der Waals surface area contributed by atoms with E-state index in [0.29, 0.717) is 5.92 Å². The number of hydrogen-bond acceptors (Lipinski definition) is 2. The first-order valence-electron chi connectivity index (χ1n) is 7.74. The van der Waals surface area contributed by atoms with Gasteiger partial charge in [-0.1, -0.05) is 25.3 Å². The predicted molar refractivity (Wildman–Crippen MR) is 77.1 cm³/mol. The van der Waals surface area contributed by atoms with Gasteiger partial charge in [0.25, 0.3) is 5.56 Å². The zero-order valence-corrected chi connectivity index (χ0v) is 11.6. The van der Waals surface area contributed by atoms with E-state index >= 15 is 0 Å². The maximum absolute atomic E-state index is 12.2. The Kier molecular flexibility index (Phi) is 3.74. The second-order valence-electron chi connectivity index (χ2n) is 6.19. The van der Waals surface area contributed by atoms with E-state index in [9.17, 15) is 4.79 Å². The van der Waals surface area contributed by atoms with E-state index in [0.717, 1.165) is 25.8 Å². The van der Waals surface area contributed by atoms with Crippen LogP contribution in [0.1, 0.15) is 62.2 Å². The molecule has 3 heteroatoms. The molecule has 2 aliphatic carbocycles. The Morgan fingerprint density at radius 1 is 1.11 bits per heavy atom. The van der Waals surface area contributed by atoms with Crippen molar-refractivity contribution in [2.75, 3.05) is 0 Å². The fraction of sp³-hybridized carbons (Fsp3) is 0.688. The average Bonchev–Trinajstić information content (AvgIpc) is 2.43. The molecule has 3 rings (SSSR count). The first-order chi connectivity index (χ1) is 9.25. The smallest absolute Gasteiger partial charge is 0.250 e. The third kappa shape index (κ3) is 2.62. The Morgan fingerprint density at radius 3 is 2.68 bits per heavy atom. The molecule has 2 N–H and O–H groups in total. The van der Waals surface area contributed by atoms with Gasteiger partial charge in [0.05, 0.1) is 0 Å². The molecule has 0 aromatic carbocycles. The normalized spacial score (nSPS) is 24.2. The number of nitrogens with two attached hydrogens (primary N) is 1. The van der Waals surface area contributed by atoms with Crippen LogP contribution in [0.2, 0.25) is 0 Å². The van der Waals surface area contributed by atoms with Crippen LogP contribution in [0.3, 0.4) is 0 Å². The molecule has 3 nitrogen and oxygen atoms in total. The highest BCUT2D eigenvalue weighted by Crippen LogP contribution is 2.29. The minimum absolute atomic E-state index is 0.127. The summed E-state index contributed by atoms with van der Waals surface area (Å²) in [4.78, 5) is 12.2. The van der Waals surface area contributed by atoms with Crippen molar-refractivity contribution in [3.8, 4) is 0 Å². The highest BCUT2D eigenvalue weighted by molar-refractivity contribution is 5.27. The summed E-state index contributed by atoms with van der Waals surface area (Å²) in [6.45, 7) is 0.911. The van der Waals surface area contributed by atoms with Crippen LogP contribution in [0, 0.1) is 5.92 Å². The third-order valence-electron chi connectivity index (χ3n) is 4.82. The van der Waals surface area contributed by atoms with Crippen LogP contribution in [0.25, 0.3) is 0 Å². The fourth-order valence-electron chi connectivity index (χ4n) is 3.73.